The summed E-state index contributed by atoms with van der Waals surface area (Å²) in [6, 6.07) is 12.3. The summed E-state index contributed by atoms with van der Waals surface area (Å²) in [6.45, 7) is 9.73. The van der Waals surface area contributed by atoms with Gasteiger partial charge in [0.25, 0.3) is 0 Å². The van der Waals surface area contributed by atoms with Crippen LogP contribution in [0.25, 0.3) is 0 Å². The summed E-state index contributed by atoms with van der Waals surface area (Å²) in [5, 5.41) is 5.83. The topological polar surface area (TPSA) is 182 Å². The molecule has 14 nitrogen and oxygen atoms in total. The molecule has 2 aromatic carbocycles. The molecular weight excluding hydrogens is 720 g/mol. The lowest BCUT2D eigenvalue weighted by Crippen LogP contribution is -2.68. The molecule has 1 heterocycles. The lowest BCUT2D eigenvalue weighted by Gasteiger charge is -2.48. The SMILES string of the molecule is COC(=O)[C@]1(Sc2ccc(C)cc2)C[C@H](OC(C)=O)[C@@H](NC(=O)OC(C)(C)C)[C@H]([C@H](OC(C)=O)[C@@H](CNC(=O)Cc2ccc(Cl)cc2)OC(C)=O)O1. The fourth-order valence-electron chi connectivity index (χ4n) is 5.40. The van der Waals surface area contributed by atoms with Crippen LogP contribution >= 0.6 is 23.4 Å². The highest BCUT2D eigenvalue weighted by atomic mass is 35.5. The van der Waals surface area contributed by atoms with Gasteiger partial charge in [-0.3, -0.25) is 19.2 Å². The van der Waals surface area contributed by atoms with Gasteiger partial charge < -0.3 is 39.1 Å². The molecule has 0 bridgehead atoms. The number of carbonyl (C=O) groups is 6. The van der Waals surface area contributed by atoms with Crippen LogP contribution in [-0.2, 0) is 58.8 Å². The van der Waals surface area contributed by atoms with Crippen LogP contribution in [0.4, 0.5) is 4.79 Å². The zero-order valence-corrected chi connectivity index (χ0v) is 31.9. The third-order valence-electron chi connectivity index (χ3n) is 7.44. The third kappa shape index (κ3) is 12.7. The zero-order chi connectivity index (χ0) is 38.8. The average molecular weight is 765 g/mol. The lowest BCUT2D eigenvalue weighted by molar-refractivity contribution is -0.220. The van der Waals surface area contributed by atoms with E-state index in [-0.39, 0.29) is 12.8 Å². The first-order chi connectivity index (χ1) is 24.3. The molecule has 52 heavy (non-hydrogen) atoms. The van der Waals surface area contributed by atoms with Crippen molar-refractivity contribution in [1.82, 2.24) is 10.6 Å². The number of hydrogen-bond donors (Lipinski definition) is 2. The standard InChI is InChI=1S/C36H45ClN2O12S/c1-20-9-15-26(16-10-20)52-36(33(44)46-8)18-27(47-21(2)40)30(39-34(45)51-35(5,6)7)32(50-36)31(49-23(4)42)28(48-22(3)41)19-38-29(43)17-24-11-13-25(37)14-12-24/h9-16,27-28,30-32H,17-19H2,1-8H3,(H,38,43)(H,39,45)/t27-,28+,30+,31+,32+,36+/m0/s1. The minimum absolute atomic E-state index is 0.0713. The van der Waals surface area contributed by atoms with Crippen molar-refractivity contribution in [3.8, 4) is 0 Å². The number of hydrogen-bond acceptors (Lipinski definition) is 13. The second kappa shape index (κ2) is 18.4. The van der Waals surface area contributed by atoms with Crippen LogP contribution in [0.15, 0.2) is 53.4 Å². The minimum atomic E-state index is -1.97. The van der Waals surface area contributed by atoms with Gasteiger partial charge in [0, 0.05) is 37.1 Å². The van der Waals surface area contributed by atoms with Gasteiger partial charge in [-0.2, -0.15) is 0 Å². The van der Waals surface area contributed by atoms with Gasteiger partial charge in [-0.05, 0) is 57.5 Å². The number of nitrogens with one attached hydrogen (secondary N) is 2. The highest BCUT2D eigenvalue weighted by Gasteiger charge is 2.59. The Kier molecular flexibility index (Phi) is 14.9. The van der Waals surface area contributed by atoms with Crippen molar-refractivity contribution in [1.29, 1.82) is 0 Å². The van der Waals surface area contributed by atoms with Crippen LogP contribution in [0.3, 0.4) is 0 Å². The first kappa shape index (κ1) is 42.1. The molecule has 1 saturated heterocycles. The third-order valence-corrected chi connectivity index (χ3v) is 8.96. The summed E-state index contributed by atoms with van der Waals surface area (Å²) >= 11 is 6.91. The molecule has 1 aliphatic heterocycles. The average Bonchev–Trinajstić information content (AvgIpc) is 3.03. The maximum Gasteiger partial charge on any atom is 0.408 e. The Hall–Kier alpha value is -4.34. The Labute approximate surface area is 311 Å². The van der Waals surface area contributed by atoms with Gasteiger partial charge in [-0.15, -0.1) is 0 Å². The summed E-state index contributed by atoms with van der Waals surface area (Å²) in [4.78, 5) is 76.5. The molecule has 6 atom stereocenters. The van der Waals surface area contributed by atoms with Gasteiger partial charge in [-0.25, -0.2) is 9.59 Å². The van der Waals surface area contributed by atoms with Gasteiger partial charge in [0.1, 0.15) is 17.8 Å². The molecule has 3 rings (SSSR count). The molecule has 1 fully saturated rings. The van der Waals surface area contributed by atoms with E-state index in [1.165, 1.54) is 0 Å². The number of benzene rings is 2. The largest absolute Gasteiger partial charge is 0.466 e. The van der Waals surface area contributed by atoms with E-state index in [2.05, 4.69) is 10.6 Å². The number of halogens is 1. The second-order valence-electron chi connectivity index (χ2n) is 13.1. The van der Waals surface area contributed by atoms with E-state index < -0.39 is 83.4 Å². The maximum absolute atomic E-state index is 13.8. The van der Waals surface area contributed by atoms with Gasteiger partial charge in [0.05, 0.1) is 26.1 Å². The van der Waals surface area contributed by atoms with Crippen molar-refractivity contribution in [3.05, 3.63) is 64.7 Å². The fraction of sp³-hybridized carbons (Fsp3) is 0.500. The van der Waals surface area contributed by atoms with Crippen molar-refractivity contribution in [3.63, 3.8) is 0 Å². The van der Waals surface area contributed by atoms with Gasteiger partial charge in [-0.1, -0.05) is 53.2 Å². The van der Waals surface area contributed by atoms with Crippen molar-refractivity contribution in [2.24, 2.45) is 0 Å². The minimum Gasteiger partial charge on any atom is -0.466 e. The van der Waals surface area contributed by atoms with Crippen LogP contribution in [0, 0.1) is 6.92 Å². The summed E-state index contributed by atoms with van der Waals surface area (Å²) in [7, 11) is 1.14. The van der Waals surface area contributed by atoms with Crippen molar-refractivity contribution in [2.45, 2.75) is 107 Å². The number of alkyl carbamates (subject to hydrolysis) is 1. The van der Waals surface area contributed by atoms with Crippen LogP contribution in [0.1, 0.15) is 59.1 Å². The normalized spacial score (nSPS) is 21.1. The van der Waals surface area contributed by atoms with Crippen molar-refractivity contribution in [2.75, 3.05) is 13.7 Å². The van der Waals surface area contributed by atoms with Gasteiger partial charge in [0.15, 0.2) is 12.2 Å². The maximum atomic E-state index is 13.8. The second-order valence-corrected chi connectivity index (χ2v) is 14.9. The molecule has 284 valence electrons. The first-order valence-corrected chi connectivity index (χ1v) is 17.5. The molecule has 0 aromatic heterocycles. The van der Waals surface area contributed by atoms with E-state index in [0.717, 1.165) is 45.2 Å². The van der Waals surface area contributed by atoms with E-state index in [1.807, 2.05) is 19.1 Å². The number of amides is 2. The number of ether oxygens (including phenoxy) is 6. The molecule has 2 aromatic rings. The van der Waals surface area contributed by atoms with Crippen LogP contribution in [0.2, 0.25) is 5.02 Å². The number of rotatable bonds is 13. The monoisotopic (exact) mass is 764 g/mol. The fourth-order valence-corrected chi connectivity index (χ4v) is 6.76. The molecule has 0 radical (unpaired) electrons. The summed E-state index contributed by atoms with van der Waals surface area (Å²) in [6.07, 6.45) is -7.38. The molecular formula is C36H45ClN2O12S. The highest BCUT2D eigenvalue weighted by Crippen LogP contribution is 2.46. The summed E-state index contributed by atoms with van der Waals surface area (Å²) in [5.41, 5.74) is 0.614. The first-order valence-electron chi connectivity index (χ1n) is 16.3. The van der Waals surface area contributed by atoms with Crippen molar-refractivity contribution >= 4 is 59.2 Å². The van der Waals surface area contributed by atoms with Crippen LogP contribution in [-0.4, -0.2) is 90.5 Å². The molecule has 0 spiro atoms. The Bertz CT molecular complexity index is 1600. The summed E-state index contributed by atoms with van der Waals surface area (Å²) < 4.78 is 34.4. The Morgan fingerprint density at radius 3 is 2.10 bits per heavy atom. The zero-order valence-electron chi connectivity index (χ0n) is 30.3. The summed E-state index contributed by atoms with van der Waals surface area (Å²) in [5.74, 6) is -3.82. The Balaban J connectivity index is 2.17. The molecule has 16 heteroatoms. The van der Waals surface area contributed by atoms with E-state index in [4.69, 9.17) is 40.0 Å². The van der Waals surface area contributed by atoms with E-state index in [0.29, 0.717) is 15.5 Å². The molecule has 2 amide bonds. The molecule has 0 aliphatic carbocycles. The number of carbonyl (C=O) groups excluding carboxylic acids is 6. The number of esters is 4. The predicted molar refractivity (Wildman–Crippen MR) is 189 cm³/mol. The van der Waals surface area contributed by atoms with Gasteiger partial charge in [0.2, 0.25) is 10.8 Å². The molecule has 0 unspecified atom stereocenters. The van der Waals surface area contributed by atoms with E-state index in [1.54, 1.807) is 57.2 Å². The van der Waals surface area contributed by atoms with E-state index in [9.17, 15) is 28.8 Å². The lowest BCUT2D eigenvalue weighted by atomic mass is 9.89. The van der Waals surface area contributed by atoms with Crippen LogP contribution < -0.4 is 10.6 Å². The number of methoxy groups -OCH3 is 1. The molecule has 1 aliphatic rings. The Morgan fingerprint density at radius 2 is 1.56 bits per heavy atom. The number of thioether (sulfide) groups is 1. The number of aryl methyl sites for hydroxylation is 1. The van der Waals surface area contributed by atoms with Gasteiger partial charge >= 0.3 is 30.0 Å². The Morgan fingerprint density at radius 1 is 0.942 bits per heavy atom. The highest BCUT2D eigenvalue weighted by molar-refractivity contribution is 8.01. The smallest absolute Gasteiger partial charge is 0.408 e. The van der Waals surface area contributed by atoms with E-state index >= 15 is 0 Å². The molecule has 2 N–H and O–H groups in total. The van der Waals surface area contributed by atoms with Crippen LogP contribution in [0.5, 0.6) is 0 Å². The molecule has 0 saturated carbocycles. The quantitative estimate of drug-likeness (QED) is 0.216. The van der Waals surface area contributed by atoms with Crippen molar-refractivity contribution < 1.29 is 57.2 Å². The predicted octanol–water partition coefficient (Wildman–Crippen LogP) is 4.45.